The Morgan fingerprint density at radius 2 is 2.20 bits per heavy atom. The highest BCUT2D eigenvalue weighted by molar-refractivity contribution is 9.10. The fraction of sp³-hybridized carbons (Fsp3) is 0.143. The molecule has 0 aliphatic rings. The maximum atomic E-state index is 11.7. The molecular weight excluding hydrogens is 324 g/mol. The quantitative estimate of drug-likeness (QED) is 0.689. The van der Waals surface area contributed by atoms with E-state index in [1.165, 1.54) is 0 Å². The topological polar surface area (TPSA) is 56.7 Å². The molecule has 0 bridgehead atoms. The van der Waals surface area contributed by atoms with E-state index in [2.05, 4.69) is 20.9 Å². The van der Waals surface area contributed by atoms with Crippen LogP contribution >= 0.6 is 15.9 Å². The zero-order valence-corrected chi connectivity index (χ0v) is 12.3. The van der Waals surface area contributed by atoms with E-state index in [4.69, 9.17) is 9.15 Å². The lowest BCUT2D eigenvalue weighted by Crippen LogP contribution is -2.04. The molecule has 20 heavy (non-hydrogen) atoms. The minimum absolute atomic E-state index is 0.109. The third kappa shape index (κ3) is 2.60. The third-order valence-corrected chi connectivity index (χ3v) is 3.20. The van der Waals surface area contributed by atoms with Crippen LogP contribution < -0.4 is 0 Å². The van der Waals surface area contributed by atoms with E-state index in [0.29, 0.717) is 10.4 Å². The minimum Gasteiger partial charge on any atom is -0.453 e. The van der Waals surface area contributed by atoms with E-state index >= 15 is 0 Å². The van der Waals surface area contributed by atoms with Crippen molar-refractivity contribution in [2.45, 2.75) is 13.5 Å². The van der Waals surface area contributed by atoms with Crippen LogP contribution in [0.5, 0.6) is 0 Å². The van der Waals surface area contributed by atoms with Gasteiger partial charge in [0.1, 0.15) is 12.3 Å². The first-order valence-corrected chi connectivity index (χ1v) is 6.78. The molecule has 0 unspecified atom stereocenters. The van der Waals surface area contributed by atoms with Crippen LogP contribution in [0.3, 0.4) is 0 Å². The summed E-state index contributed by atoms with van der Waals surface area (Å²) in [6, 6.07) is 7.10. The number of rotatable bonds is 3. The van der Waals surface area contributed by atoms with Crippen molar-refractivity contribution >= 4 is 27.5 Å². The Morgan fingerprint density at radius 1 is 1.35 bits per heavy atom. The monoisotopic (exact) mass is 334 g/mol. The van der Waals surface area contributed by atoms with Crippen molar-refractivity contribution in [2.75, 3.05) is 0 Å². The summed E-state index contributed by atoms with van der Waals surface area (Å²) in [5, 5.41) is 0. The zero-order valence-electron chi connectivity index (χ0n) is 10.7. The molecule has 3 rings (SSSR count). The second-order valence-corrected chi connectivity index (χ2v) is 5.17. The molecule has 0 fully saturated rings. The van der Waals surface area contributed by atoms with Crippen molar-refractivity contribution in [1.29, 1.82) is 0 Å². The lowest BCUT2D eigenvalue weighted by Gasteiger charge is -1.99. The predicted octanol–water partition coefficient (Wildman–Crippen LogP) is 3.36. The summed E-state index contributed by atoms with van der Waals surface area (Å²) in [5.74, 6) is -0.347. The standard InChI is InChI=1S/C14H11BrN2O3/c1-9-2-5-13-16-10(7-17(13)6-9)8-19-14(18)11-3-4-12(15)20-11/h2-7H,8H2,1H3. The summed E-state index contributed by atoms with van der Waals surface area (Å²) in [7, 11) is 0. The molecular formula is C14H11BrN2O3. The number of halogens is 1. The lowest BCUT2D eigenvalue weighted by molar-refractivity contribution is 0.0430. The molecule has 102 valence electrons. The van der Waals surface area contributed by atoms with Crippen LogP contribution in [0.25, 0.3) is 5.65 Å². The predicted molar refractivity (Wildman–Crippen MR) is 75.5 cm³/mol. The van der Waals surface area contributed by atoms with Gasteiger partial charge >= 0.3 is 5.97 Å². The first kappa shape index (κ1) is 12.9. The highest BCUT2D eigenvalue weighted by Gasteiger charge is 2.13. The maximum absolute atomic E-state index is 11.7. The SMILES string of the molecule is Cc1ccc2nc(COC(=O)c3ccc(Br)o3)cn2c1. The number of esters is 1. The fourth-order valence-electron chi connectivity index (χ4n) is 1.86. The molecule has 0 aromatic carbocycles. The summed E-state index contributed by atoms with van der Waals surface area (Å²) >= 11 is 3.14. The number of carbonyl (C=O) groups excluding carboxylic acids is 1. The van der Waals surface area contributed by atoms with Crippen molar-refractivity contribution in [3.05, 3.63) is 58.3 Å². The number of fused-ring (bicyclic) bond motifs is 1. The van der Waals surface area contributed by atoms with Gasteiger partial charge in [-0.05, 0) is 46.6 Å². The van der Waals surface area contributed by atoms with Crippen molar-refractivity contribution < 1.29 is 13.9 Å². The molecule has 3 aromatic heterocycles. The van der Waals surface area contributed by atoms with Gasteiger partial charge in [-0.25, -0.2) is 9.78 Å². The third-order valence-electron chi connectivity index (χ3n) is 2.77. The first-order valence-electron chi connectivity index (χ1n) is 5.98. The van der Waals surface area contributed by atoms with Gasteiger partial charge in [0.2, 0.25) is 5.76 Å². The van der Waals surface area contributed by atoms with Crippen molar-refractivity contribution in [1.82, 2.24) is 9.38 Å². The van der Waals surface area contributed by atoms with Gasteiger partial charge in [0, 0.05) is 12.4 Å². The Kier molecular flexibility index (Phi) is 3.31. The van der Waals surface area contributed by atoms with Crippen molar-refractivity contribution in [3.63, 3.8) is 0 Å². The van der Waals surface area contributed by atoms with Crippen LogP contribution in [0, 0.1) is 6.92 Å². The number of aryl methyl sites for hydroxylation is 1. The van der Waals surface area contributed by atoms with Crippen LogP contribution in [0.2, 0.25) is 0 Å². The van der Waals surface area contributed by atoms with Crippen LogP contribution in [0.1, 0.15) is 21.8 Å². The van der Waals surface area contributed by atoms with Gasteiger partial charge in [0.15, 0.2) is 4.67 Å². The second kappa shape index (κ2) is 5.13. The molecule has 0 aliphatic carbocycles. The highest BCUT2D eigenvalue weighted by atomic mass is 79.9. The minimum atomic E-state index is -0.510. The second-order valence-electron chi connectivity index (χ2n) is 4.38. The number of hydrogen-bond donors (Lipinski definition) is 0. The van der Waals surface area contributed by atoms with Gasteiger partial charge in [-0.15, -0.1) is 0 Å². The van der Waals surface area contributed by atoms with Gasteiger partial charge in [-0.3, -0.25) is 0 Å². The molecule has 0 saturated heterocycles. The number of furan rings is 1. The molecule has 5 nitrogen and oxygen atoms in total. The summed E-state index contributed by atoms with van der Waals surface area (Å²) < 4.78 is 12.7. The average Bonchev–Trinajstić information content (AvgIpc) is 3.01. The number of aromatic nitrogens is 2. The lowest BCUT2D eigenvalue weighted by atomic mass is 10.3. The molecule has 0 aliphatic heterocycles. The van der Waals surface area contributed by atoms with Crippen LogP contribution in [0.15, 0.2) is 45.7 Å². The molecule has 0 radical (unpaired) electrons. The largest absolute Gasteiger partial charge is 0.453 e. The van der Waals surface area contributed by atoms with E-state index in [-0.39, 0.29) is 12.4 Å². The van der Waals surface area contributed by atoms with E-state index in [0.717, 1.165) is 11.2 Å². The molecule has 0 atom stereocenters. The van der Waals surface area contributed by atoms with Gasteiger partial charge < -0.3 is 13.6 Å². The molecule has 0 saturated carbocycles. The van der Waals surface area contributed by atoms with Crippen molar-refractivity contribution in [2.24, 2.45) is 0 Å². The molecule has 0 amide bonds. The molecule has 0 spiro atoms. The Labute approximate surface area is 123 Å². The van der Waals surface area contributed by atoms with E-state index in [1.807, 2.05) is 35.9 Å². The van der Waals surface area contributed by atoms with Gasteiger partial charge in [-0.2, -0.15) is 0 Å². The number of nitrogens with zero attached hydrogens (tertiary/aromatic N) is 2. The summed E-state index contributed by atoms with van der Waals surface area (Å²) in [6.45, 7) is 2.12. The van der Waals surface area contributed by atoms with Gasteiger partial charge in [0.25, 0.3) is 0 Å². The van der Waals surface area contributed by atoms with Gasteiger partial charge in [-0.1, -0.05) is 6.07 Å². The van der Waals surface area contributed by atoms with Crippen molar-refractivity contribution in [3.8, 4) is 0 Å². The number of hydrogen-bond acceptors (Lipinski definition) is 4. The zero-order chi connectivity index (χ0) is 14.1. The number of ether oxygens (including phenoxy) is 1. The van der Waals surface area contributed by atoms with Crippen LogP contribution in [-0.4, -0.2) is 15.4 Å². The average molecular weight is 335 g/mol. The Morgan fingerprint density at radius 3 is 2.95 bits per heavy atom. The summed E-state index contributed by atoms with van der Waals surface area (Å²) in [5.41, 5.74) is 2.65. The van der Waals surface area contributed by atoms with Crippen LogP contribution in [0.4, 0.5) is 0 Å². The maximum Gasteiger partial charge on any atom is 0.374 e. The van der Waals surface area contributed by atoms with Gasteiger partial charge in [0.05, 0.1) is 5.69 Å². The summed E-state index contributed by atoms with van der Waals surface area (Å²) in [4.78, 5) is 16.1. The first-order chi connectivity index (χ1) is 9.61. The Hall–Kier alpha value is -2.08. The smallest absolute Gasteiger partial charge is 0.374 e. The number of imidazole rings is 1. The van der Waals surface area contributed by atoms with E-state index in [9.17, 15) is 4.79 Å². The Bertz CT molecular complexity index is 776. The molecule has 0 N–H and O–H groups in total. The van der Waals surface area contributed by atoms with E-state index < -0.39 is 5.97 Å². The number of pyridine rings is 1. The molecule has 6 heteroatoms. The van der Waals surface area contributed by atoms with E-state index in [1.54, 1.807) is 12.1 Å². The molecule has 3 aromatic rings. The normalized spacial score (nSPS) is 10.9. The fourth-order valence-corrected chi connectivity index (χ4v) is 2.17. The molecule has 3 heterocycles. The van der Waals surface area contributed by atoms with Crippen LogP contribution in [-0.2, 0) is 11.3 Å². The summed E-state index contributed by atoms with van der Waals surface area (Å²) in [6.07, 6.45) is 3.81. The highest BCUT2D eigenvalue weighted by Crippen LogP contribution is 2.15. The Balaban J connectivity index is 1.72. The number of carbonyl (C=O) groups is 1.